The maximum Gasteiger partial charge on any atom is 0.251 e. The van der Waals surface area contributed by atoms with E-state index in [0.29, 0.717) is 25.1 Å². The van der Waals surface area contributed by atoms with Gasteiger partial charge in [-0.3, -0.25) is 9.59 Å². The van der Waals surface area contributed by atoms with Crippen molar-refractivity contribution >= 4 is 22.5 Å². The van der Waals surface area contributed by atoms with Crippen LogP contribution in [0.25, 0.3) is 10.8 Å². The molecule has 0 bridgehead atoms. The first-order chi connectivity index (χ1) is 14.2. The lowest BCUT2D eigenvalue weighted by Crippen LogP contribution is -2.24. The molecule has 0 aliphatic carbocycles. The molecule has 4 heteroatoms. The number of amides is 1. The Bertz CT molecular complexity index is 932. The molecule has 0 saturated heterocycles. The van der Waals surface area contributed by atoms with Gasteiger partial charge in [-0.15, -0.1) is 0 Å². The van der Waals surface area contributed by atoms with E-state index in [0.717, 1.165) is 35.6 Å². The second-order valence-electron chi connectivity index (χ2n) is 7.11. The van der Waals surface area contributed by atoms with Gasteiger partial charge in [0.25, 0.3) is 5.91 Å². The molecule has 1 amide bonds. The number of carbonyl (C=O) groups excluding carboxylic acids is 2. The molecule has 1 N–H and O–H groups in total. The number of fused-ring (bicyclic) bond motifs is 1. The van der Waals surface area contributed by atoms with Crippen LogP contribution in [-0.4, -0.2) is 24.8 Å². The monoisotopic (exact) mass is 389 g/mol. The number of rotatable bonds is 11. The zero-order valence-electron chi connectivity index (χ0n) is 16.6. The van der Waals surface area contributed by atoms with E-state index in [1.54, 1.807) is 0 Å². The number of unbranched alkanes of at least 4 members (excludes halogenated alkanes) is 2. The Kier molecular flexibility index (Phi) is 7.96. The molecule has 3 rings (SSSR count). The van der Waals surface area contributed by atoms with Gasteiger partial charge in [0.15, 0.2) is 5.78 Å². The van der Waals surface area contributed by atoms with Gasteiger partial charge in [0.1, 0.15) is 6.61 Å². The SMILES string of the molecule is O=C(CCCCCNC(=O)c1cccc2ccccc12)COCc1ccccc1. The molecule has 0 unspecified atom stereocenters. The van der Waals surface area contributed by atoms with E-state index in [1.165, 1.54) is 0 Å². The summed E-state index contributed by atoms with van der Waals surface area (Å²) < 4.78 is 5.47. The van der Waals surface area contributed by atoms with E-state index in [4.69, 9.17) is 4.74 Å². The van der Waals surface area contributed by atoms with Crippen LogP contribution in [0.4, 0.5) is 0 Å². The number of ether oxygens (including phenoxy) is 1. The fourth-order valence-electron chi connectivity index (χ4n) is 3.27. The molecule has 0 spiro atoms. The number of ketones is 1. The molecule has 3 aromatic rings. The van der Waals surface area contributed by atoms with Crippen molar-refractivity contribution in [1.29, 1.82) is 0 Å². The van der Waals surface area contributed by atoms with Crippen LogP contribution in [0.3, 0.4) is 0 Å². The lowest BCUT2D eigenvalue weighted by atomic mass is 10.0. The molecule has 0 atom stereocenters. The molecule has 0 saturated carbocycles. The summed E-state index contributed by atoms with van der Waals surface area (Å²) >= 11 is 0. The van der Waals surface area contributed by atoms with E-state index in [1.807, 2.05) is 72.8 Å². The summed E-state index contributed by atoms with van der Waals surface area (Å²) in [4.78, 5) is 24.3. The Hall–Kier alpha value is -2.98. The summed E-state index contributed by atoms with van der Waals surface area (Å²) in [6.07, 6.45) is 3.10. The van der Waals surface area contributed by atoms with Gasteiger partial charge in [-0.05, 0) is 35.2 Å². The summed E-state index contributed by atoms with van der Waals surface area (Å²) in [7, 11) is 0. The third-order valence-electron chi connectivity index (χ3n) is 4.83. The molecule has 0 heterocycles. The summed E-state index contributed by atoms with van der Waals surface area (Å²) in [5, 5.41) is 5.01. The maximum atomic E-state index is 12.5. The Balaban J connectivity index is 1.29. The Morgan fingerprint density at radius 2 is 1.55 bits per heavy atom. The van der Waals surface area contributed by atoms with Gasteiger partial charge >= 0.3 is 0 Å². The van der Waals surface area contributed by atoms with Crippen LogP contribution in [0.5, 0.6) is 0 Å². The average Bonchev–Trinajstić information content (AvgIpc) is 2.76. The first kappa shape index (κ1) is 20.7. The second-order valence-corrected chi connectivity index (χ2v) is 7.11. The van der Waals surface area contributed by atoms with Crippen molar-refractivity contribution in [2.24, 2.45) is 0 Å². The molecule has 0 radical (unpaired) electrons. The molecule has 29 heavy (non-hydrogen) atoms. The number of carbonyl (C=O) groups is 2. The van der Waals surface area contributed by atoms with E-state index in [9.17, 15) is 9.59 Å². The molecular formula is C25H27NO3. The second kappa shape index (κ2) is 11.1. The Labute approximate surface area is 171 Å². The van der Waals surface area contributed by atoms with Gasteiger partial charge in [-0.25, -0.2) is 0 Å². The number of benzene rings is 3. The third kappa shape index (κ3) is 6.54. The topological polar surface area (TPSA) is 55.4 Å². The lowest BCUT2D eigenvalue weighted by molar-refractivity contribution is -0.124. The van der Waals surface area contributed by atoms with Crippen molar-refractivity contribution in [1.82, 2.24) is 5.32 Å². The minimum atomic E-state index is -0.0489. The number of hydrogen-bond acceptors (Lipinski definition) is 3. The van der Waals surface area contributed by atoms with Crippen molar-refractivity contribution in [2.45, 2.75) is 32.3 Å². The zero-order valence-corrected chi connectivity index (χ0v) is 16.6. The number of hydrogen-bond donors (Lipinski definition) is 1. The molecule has 0 aliphatic heterocycles. The van der Waals surface area contributed by atoms with Crippen LogP contribution in [-0.2, 0) is 16.1 Å². The fourth-order valence-corrected chi connectivity index (χ4v) is 3.27. The largest absolute Gasteiger partial charge is 0.369 e. The first-order valence-corrected chi connectivity index (χ1v) is 10.1. The van der Waals surface area contributed by atoms with Crippen LogP contribution in [0, 0.1) is 0 Å². The normalized spacial score (nSPS) is 10.8. The van der Waals surface area contributed by atoms with Crippen molar-refractivity contribution in [3.63, 3.8) is 0 Å². The molecule has 0 fully saturated rings. The van der Waals surface area contributed by atoms with Crippen molar-refractivity contribution in [3.05, 3.63) is 83.9 Å². The van der Waals surface area contributed by atoms with Crippen molar-refractivity contribution in [2.75, 3.05) is 13.2 Å². The molecule has 0 aliphatic rings. The van der Waals surface area contributed by atoms with E-state index in [2.05, 4.69) is 5.32 Å². The highest BCUT2D eigenvalue weighted by Gasteiger charge is 2.09. The molecule has 4 nitrogen and oxygen atoms in total. The van der Waals surface area contributed by atoms with Crippen molar-refractivity contribution in [3.8, 4) is 0 Å². The van der Waals surface area contributed by atoms with Crippen LogP contribution in [0.1, 0.15) is 41.6 Å². The number of Topliss-reactive ketones (excluding diaryl/α,β-unsaturated/α-hetero) is 1. The van der Waals surface area contributed by atoms with Gasteiger partial charge in [0.05, 0.1) is 6.61 Å². The average molecular weight is 389 g/mol. The van der Waals surface area contributed by atoms with Crippen LogP contribution in [0.2, 0.25) is 0 Å². The van der Waals surface area contributed by atoms with Crippen LogP contribution >= 0.6 is 0 Å². The van der Waals surface area contributed by atoms with Gasteiger partial charge in [-0.1, -0.05) is 73.2 Å². The minimum Gasteiger partial charge on any atom is -0.369 e. The Morgan fingerprint density at radius 1 is 0.793 bits per heavy atom. The molecule has 150 valence electrons. The van der Waals surface area contributed by atoms with E-state index >= 15 is 0 Å². The van der Waals surface area contributed by atoms with Crippen LogP contribution in [0.15, 0.2) is 72.8 Å². The fraction of sp³-hybridized carbons (Fsp3) is 0.280. The standard InChI is InChI=1S/C25H27NO3/c27-22(19-29-18-20-10-3-1-4-11-20)14-5-2-8-17-26-25(28)24-16-9-13-21-12-6-7-15-23(21)24/h1,3-4,6-7,9-13,15-16H,2,5,8,14,17-19H2,(H,26,28). The highest BCUT2D eigenvalue weighted by molar-refractivity contribution is 6.06. The predicted octanol–water partition coefficient (Wildman–Crippen LogP) is 4.92. The number of nitrogens with one attached hydrogen (secondary N) is 1. The highest BCUT2D eigenvalue weighted by Crippen LogP contribution is 2.18. The Morgan fingerprint density at radius 3 is 2.41 bits per heavy atom. The highest BCUT2D eigenvalue weighted by atomic mass is 16.5. The summed E-state index contributed by atoms with van der Waals surface area (Å²) in [6.45, 7) is 1.24. The quantitative estimate of drug-likeness (QED) is 0.474. The van der Waals surface area contributed by atoms with Crippen molar-refractivity contribution < 1.29 is 14.3 Å². The maximum absolute atomic E-state index is 12.5. The summed E-state index contributed by atoms with van der Waals surface area (Å²) in [5.74, 6) is 0.0768. The smallest absolute Gasteiger partial charge is 0.251 e. The predicted molar refractivity (Wildman–Crippen MR) is 116 cm³/mol. The van der Waals surface area contributed by atoms with Gasteiger partial charge in [0.2, 0.25) is 0 Å². The first-order valence-electron chi connectivity index (χ1n) is 10.1. The van der Waals surface area contributed by atoms with E-state index < -0.39 is 0 Å². The minimum absolute atomic E-state index is 0.0489. The lowest BCUT2D eigenvalue weighted by Gasteiger charge is -2.08. The molecule has 3 aromatic carbocycles. The summed E-state index contributed by atoms with van der Waals surface area (Å²) in [5.41, 5.74) is 1.77. The third-order valence-corrected chi connectivity index (χ3v) is 4.83. The molecular weight excluding hydrogens is 362 g/mol. The van der Waals surface area contributed by atoms with E-state index in [-0.39, 0.29) is 18.3 Å². The van der Waals surface area contributed by atoms with Gasteiger partial charge < -0.3 is 10.1 Å². The van der Waals surface area contributed by atoms with Crippen LogP contribution < -0.4 is 5.32 Å². The zero-order chi connectivity index (χ0) is 20.3. The van der Waals surface area contributed by atoms with Gasteiger partial charge in [-0.2, -0.15) is 0 Å². The van der Waals surface area contributed by atoms with Gasteiger partial charge in [0, 0.05) is 18.5 Å². The molecule has 0 aromatic heterocycles. The summed E-state index contributed by atoms with van der Waals surface area (Å²) in [6, 6.07) is 23.5.